The first kappa shape index (κ1) is 19.6. The molecule has 3 rings (SSSR count). The van der Waals surface area contributed by atoms with Gasteiger partial charge < -0.3 is 9.26 Å². The van der Waals surface area contributed by atoms with Gasteiger partial charge in [0.05, 0.1) is 6.61 Å². The largest absolute Gasteiger partial charge is 0.340 e. The molecule has 6 heteroatoms. The molecule has 2 heterocycles. The Labute approximate surface area is 165 Å². The van der Waals surface area contributed by atoms with Crippen LogP contribution in [0.5, 0.6) is 0 Å². The highest BCUT2D eigenvalue weighted by Gasteiger charge is 2.23. The number of ketones is 1. The Morgan fingerprint density at radius 3 is 3.00 bits per heavy atom. The second-order valence-corrected chi connectivity index (χ2v) is 9.34. The van der Waals surface area contributed by atoms with E-state index in [1.54, 1.807) is 0 Å². The summed E-state index contributed by atoms with van der Waals surface area (Å²) in [7, 11) is 0. The van der Waals surface area contributed by atoms with E-state index < -0.39 is 0 Å². The molecule has 0 unspecified atom stereocenters. The maximum atomic E-state index is 12.2. The van der Waals surface area contributed by atoms with E-state index in [1.807, 2.05) is 13.0 Å². The molecule has 142 valence electrons. The summed E-state index contributed by atoms with van der Waals surface area (Å²) >= 11 is -0.183. The monoisotopic (exact) mass is 470 g/mol. The SMILES string of the molecule is CCOC1=IC=CC(c2noc([C@H](C)CCCC(=O)C3CCCC3)n2)=C1. The van der Waals surface area contributed by atoms with Crippen LogP contribution in [0.15, 0.2) is 20.8 Å². The van der Waals surface area contributed by atoms with Gasteiger partial charge in [0.25, 0.3) is 0 Å². The first-order chi connectivity index (χ1) is 12.7. The predicted molar refractivity (Wildman–Crippen MR) is 111 cm³/mol. The number of allylic oxidation sites excluding steroid dienone is 2. The smallest absolute Gasteiger partial charge is 0.229 e. The van der Waals surface area contributed by atoms with Gasteiger partial charge in [0, 0.05) is 23.8 Å². The van der Waals surface area contributed by atoms with Gasteiger partial charge in [0.15, 0.2) is 0 Å². The quantitative estimate of drug-likeness (QED) is 0.467. The molecule has 1 saturated carbocycles. The van der Waals surface area contributed by atoms with Gasteiger partial charge in [-0.3, -0.25) is 4.79 Å². The molecule has 1 fully saturated rings. The van der Waals surface area contributed by atoms with Gasteiger partial charge >= 0.3 is 0 Å². The van der Waals surface area contributed by atoms with Crippen LogP contribution in [0.25, 0.3) is 5.57 Å². The Morgan fingerprint density at radius 2 is 2.23 bits per heavy atom. The van der Waals surface area contributed by atoms with Crippen molar-refractivity contribution in [1.82, 2.24) is 10.1 Å². The molecule has 1 aromatic heterocycles. The number of carbonyl (C=O) groups is 1. The first-order valence-corrected chi connectivity index (χ1v) is 11.9. The van der Waals surface area contributed by atoms with Crippen LogP contribution < -0.4 is 0 Å². The summed E-state index contributed by atoms with van der Waals surface area (Å²) in [5.74, 6) is 2.21. The minimum atomic E-state index is -0.183. The fourth-order valence-corrected chi connectivity index (χ4v) is 5.35. The van der Waals surface area contributed by atoms with Crippen molar-refractivity contribution in [2.24, 2.45) is 5.92 Å². The van der Waals surface area contributed by atoms with E-state index in [2.05, 4.69) is 27.2 Å². The average Bonchev–Trinajstić information content (AvgIpc) is 3.34. The zero-order chi connectivity index (χ0) is 18.4. The molecule has 0 N–H and O–H groups in total. The third-order valence-corrected chi connectivity index (χ3v) is 6.91. The van der Waals surface area contributed by atoms with Crippen molar-refractivity contribution in [3.05, 3.63) is 27.9 Å². The van der Waals surface area contributed by atoms with Gasteiger partial charge in [0.2, 0.25) is 11.7 Å². The summed E-state index contributed by atoms with van der Waals surface area (Å²) in [6, 6.07) is 0. The van der Waals surface area contributed by atoms with Crippen LogP contribution in [0.1, 0.15) is 76.4 Å². The van der Waals surface area contributed by atoms with Crippen molar-refractivity contribution in [3.63, 3.8) is 0 Å². The molecule has 0 spiro atoms. The van der Waals surface area contributed by atoms with Crippen molar-refractivity contribution in [1.29, 1.82) is 0 Å². The third-order valence-electron chi connectivity index (χ3n) is 4.96. The van der Waals surface area contributed by atoms with Crippen LogP contribution >= 0.6 is 20.7 Å². The molecule has 1 aliphatic heterocycles. The van der Waals surface area contributed by atoms with E-state index in [1.165, 1.54) is 12.8 Å². The van der Waals surface area contributed by atoms with Crippen molar-refractivity contribution in [3.8, 4) is 0 Å². The fraction of sp³-hybridized carbons (Fsp3) is 0.600. The summed E-state index contributed by atoms with van der Waals surface area (Å²) in [6.45, 7) is 4.76. The van der Waals surface area contributed by atoms with Gasteiger partial charge in [-0.05, 0) is 48.8 Å². The summed E-state index contributed by atoms with van der Waals surface area (Å²) in [5, 5.41) is 4.13. The Bertz CT molecular complexity index is 714. The van der Waals surface area contributed by atoms with E-state index in [0.29, 0.717) is 36.4 Å². The number of halogens is 1. The predicted octanol–water partition coefficient (Wildman–Crippen LogP) is 5.15. The second-order valence-electron chi connectivity index (χ2n) is 6.94. The minimum absolute atomic E-state index is 0.170. The molecule has 1 atom stereocenters. The van der Waals surface area contributed by atoms with E-state index in [-0.39, 0.29) is 26.6 Å². The number of carbonyl (C=O) groups excluding carboxylic acids is 1. The number of hydrogen-bond acceptors (Lipinski definition) is 5. The van der Waals surface area contributed by atoms with E-state index in [4.69, 9.17) is 9.26 Å². The van der Waals surface area contributed by atoms with Crippen molar-refractivity contribution in [2.75, 3.05) is 6.61 Å². The van der Waals surface area contributed by atoms with E-state index >= 15 is 0 Å². The molecule has 1 aromatic rings. The van der Waals surface area contributed by atoms with Gasteiger partial charge in [-0.15, -0.1) is 0 Å². The highest BCUT2D eigenvalue weighted by Crippen LogP contribution is 2.29. The van der Waals surface area contributed by atoms with Crippen LogP contribution in [-0.2, 0) is 9.53 Å². The van der Waals surface area contributed by atoms with Crippen molar-refractivity contribution < 1.29 is 14.1 Å². The molecule has 5 nitrogen and oxygen atoms in total. The van der Waals surface area contributed by atoms with E-state index in [9.17, 15) is 4.79 Å². The van der Waals surface area contributed by atoms with E-state index in [0.717, 1.165) is 35.0 Å². The molecule has 0 amide bonds. The van der Waals surface area contributed by atoms with Crippen molar-refractivity contribution >= 4 is 35.8 Å². The minimum Gasteiger partial charge on any atom is -0.340 e. The standard InChI is InChI=1S/C20H27IN2O3/c1-3-25-18-13-16(11-12-21-18)19-22-20(26-23-19)14(2)7-6-10-17(24)15-8-4-5-9-15/h11-15H,3-10H2,1-2H3/t14-/m1/s1. The normalized spacial score (nSPS) is 19.0. The van der Waals surface area contributed by atoms with Gasteiger partial charge in [-0.25, -0.2) is 0 Å². The summed E-state index contributed by atoms with van der Waals surface area (Å²) in [5.41, 5.74) is 0.943. The second kappa shape index (κ2) is 9.69. The van der Waals surface area contributed by atoms with Gasteiger partial charge in [-0.2, -0.15) is 4.98 Å². The lowest BCUT2D eigenvalue weighted by Gasteiger charge is -2.09. The van der Waals surface area contributed by atoms with Crippen LogP contribution in [0.2, 0.25) is 0 Å². The number of aromatic nitrogens is 2. The van der Waals surface area contributed by atoms with Crippen molar-refractivity contribution in [2.45, 2.75) is 64.7 Å². The topological polar surface area (TPSA) is 65.2 Å². The Balaban J connectivity index is 1.51. The van der Waals surface area contributed by atoms with Crippen LogP contribution in [-0.4, -0.2) is 26.2 Å². The zero-order valence-electron chi connectivity index (χ0n) is 15.5. The Hall–Kier alpha value is -1.15. The third kappa shape index (κ3) is 5.19. The van der Waals surface area contributed by atoms with Crippen LogP contribution in [0.3, 0.4) is 0 Å². The molecule has 26 heavy (non-hydrogen) atoms. The lowest BCUT2D eigenvalue weighted by Crippen LogP contribution is -2.10. The molecule has 1 aliphatic carbocycles. The Morgan fingerprint density at radius 1 is 1.42 bits per heavy atom. The maximum Gasteiger partial charge on any atom is 0.229 e. The number of ether oxygens (including phenoxy) is 1. The van der Waals surface area contributed by atoms with Gasteiger partial charge in [0.1, 0.15) is 9.48 Å². The fourth-order valence-electron chi connectivity index (χ4n) is 3.42. The number of rotatable bonds is 9. The summed E-state index contributed by atoms with van der Waals surface area (Å²) in [6.07, 6.45) is 11.2. The molecule has 0 saturated heterocycles. The maximum absolute atomic E-state index is 12.2. The number of hydrogen-bond donors (Lipinski definition) is 0. The Kier molecular flexibility index (Phi) is 7.31. The molecule has 0 bridgehead atoms. The first-order valence-electron chi connectivity index (χ1n) is 9.55. The highest BCUT2D eigenvalue weighted by atomic mass is 127. The van der Waals surface area contributed by atoms with Gasteiger partial charge in [-0.1, -0.05) is 45.7 Å². The molecule has 0 aromatic carbocycles. The van der Waals surface area contributed by atoms with Crippen LogP contribution in [0, 0.1) is 5.92 Å². The average molecular weight is 470 g/mol. The molecular weight excluding hydrogens is 443 g/mol. The lowest BCUT2D eigenvalue weighted by atomic mass is 9.96. The van der Waals surface area contributed by atoms with Crippen LogP contribution in [0.4, 0.5) is 0 Å². The zero-order valence-corrected chi connectivity index (χ0v) is 17.7. The molecule has 2 aliphatic rings. The lowest BCUT2D eigenvalue weighted by molar-refractivity contribution is -0.122. The highest BCUT2D eigenvalue weighted by molar-refractivity contribution is 14.2. The summed E-state index contributed by atoms with van der Waals surface area (Å²) in [4.78, 5) is 16.7. The molecule has 0 radical (unpaired) electrons. The number of nitrogens with zero attached hydrogens (tertiary/aromatic N) is 2. The molecular formula is C20H27IN2O3. The summed E-state index contributed by atoms with van der Waals surface area (Å²) < 4.78 is 14.3. The number of Topliss-reactive ketones (excluding diaryl/α,β-unsaturated/α-hetero) is 1.